The fourth-order valence-electron chi connectivity index (χ4n) is 1.49. The zero-order valence-corrected chi connectivity index (χ0v) is 12.3. The maximum Gasteiger partial charge on any atom is 0.199 e. The Morgan fingerprint density at radius 2 is 2.18 bits per heavy atom. The summed E-state index contributed by atoms with van der Waals surface area (Å²) in [6, 6.07) is 0. The Balaban J connectivity index is 0.00000242. The van der Waals surface area contributed by atoms with Crippen LogP contribution in [0, 0.1) is 6.92 Å². The number of nitrogens with two attached hydrogens (primary N) is 2. The molecule has 2 rings (SSSR count). The van der Waals surface area contributed by atoms with E-state index >= 15 is 0 Å². The smallest absolute Gasteiger partial charge is 0.199 e. The molecule has 0 amide bonds. The largest absolute Gasteiger partial charge is 0.505 e. The van der Waals surface area contributed by atoms with Crippen molar-refractivity contribution in [3.8, 4) is 5.75 Å². The van der Waals surface area contributed by atoms with E-state index < -0.39 is 0 Å². The molecular formula is C11H14ClN7O3. The molecule has 0 radical (unpaired) electrons. The van der Waals surface area contributed by atoms with Crippen LogP contribution in [-0.4, -0.2) is 37.6 Å². The van der Waals surface area contributed by atoms with Crippen molar-refractivity contribution in [1.82, 2.24) is 15.3 Å². The van der Waals surface area contributed by atoms with Crippen LogP contribution in [0.5, 0.6) is 5.75 Å². The van der Waals surface area contributed by atoms with Crippen molar-refractivity contribution < 1.29 is 14.8 Å². The molecule has 0 aliphatic rings. The van der Waals surface area contributed by atoms with Crippen LogP contribution in [-0.2, 0) is 6.61 Å². The number of halogens is 1. The Morgan fingerprint density at radius 3 is 2.77 bits per heavy atom. The predicted molar refractivity (Wildman–Crippen MR) is 80.8 cm³/mol. The molecular weight excluding hydrogens is 314 g/mol. The van der Waals surface area contributed by atoms with Crippen LogP contribution in [0.1, 0.15) is 22.5 Å². The molecule has 0 aliphatic carbocycles. The summed E-state index contributed by atoms with van der Waals surface area (Å²) in [6.07, 6.45) is 2.68. The number of rotatable bonds is 4. The zero-order valence-electron chi connectivity index (χ0n) is 11.5. The highest BCUT2D eigenvalue weighted by atomic mass is 35.5. The molecule has 0 aliphatic heterocycles. The summed E-state index contributed by atoms with van der Waals surface area (Å²) in [7, 11) is 0. The monoisotopic (exact) mass is 327 g/mol. The van der Waals surface area contributed by atoms with Gasteiger partial charge in [0.25, 0.3) is 0 Å². The summed E-state index contributed by atoms with van der Waals surface area (Å²) in [5, 5.41) is 33.3. The number of aliphatic hydroxyl groups excluding tert-OH is 1. The quantitative estimate of drug-likeness (QED) is 0.337. The van der Waals surface area contributed by atoms with Gasteiger partial charge in [-0.1, -0.05) is 0 Å². The Hall–Kier alpha value is -2.72. The van der Waals surface area contributed by atoms with Gasteiger partial charge in [-0.25, -0.2) is 4.63 Å². The van der Waals surface area contributed by atoms with Crippen molar-refractivity contribution in [3.63, 3.8) is 0 Å². The number of amidine groups is 1. The normalized spacial score (nSPS) is 11.6. The number of aromatic hydroxyl groups is 1. The standard InChI is InChI=1S/C11H13N7O3.ClH/c1-5-9(20)7(6(4-19)2-14-5)3-15-16-10(12)8-11(13)18-21-17-8;/h2-3,19-20H,4H2,1H3,(H2,12,16)(H2,13,18);1H. The van der Waals surface area contributed by atoms with Crippen LogP contribution in [0.4, 0.5) is 5.82 Å². The number of aliphatic hydroxyl groups is 1. The van der Waals surface area contributed by atoms with Crippen molar-refractivity contribution in [2.24, 2.45) is 15.9 Å². The van der Waals surface area contributed by atoms with Gasteiger partial charge in [-0.3, -0.25) is 4.98 Å². The van der Waals surface area contributed by atoms with E-state index in [9.17, 15) is 10.2 Å². The molecule has 22 heavy (non-hydrogen) atoms. The SMILES string of the molecule is Cc1ncc(CO)c(C=N/N=C(\N)c2nonc2N)c1O.Cl. The number of aromatic nitrogens is 3. The first-order valence-corrected chi connectivity index (χ1v) is 5.77. The highest BCUT2D eigenvalue weighted by molar-refractivity contribution is 5.99. The molecule has 0 saturated carbocycles. The van der Waals surface area contributed by atoms with Gasteiger partial charge >= 0.3 is 0 Å². The number of anilines is 1. The first-order valence-electron chi connectivity index (χ1n) is 5.77. The van der Waals surface area contributed by atoms with Crippen LogP contribution in [0.25, 0.3) is 0 Å². The molecule has 0 saturated heterocycles. The first kappa shape index (κ1) is 17.3. The van der Waals surface area contributed by atoms with Crippen LogP contribution in [0.3, 0.4) is 0 Å². The second-order valence-electron chi connectivity index (χ2n) is 4.02. The van der Waals surface area contributed by atoms with Crippen molar-refractivity contribution in [2.45, 2.75) is 13.5 Å². The summed E-state index contributed by atoms with van der Waals surface area (Å²) in [5.41, 5.74) is 12.2. The predicted octanol–water partition coefficient (Wildman–Crippen LogP) is -0.286. The summed E-state index contributed by atoms with van der Waals surface area (Å²) in [4.78, 5) is 3.93. The van der Waals surface area contributed by atoms with Crippen molar-refractivity contribution in [1.29, 1.82) is 0 Å². The van der Waals surface area contributed by atoms with E-state index in [1.54, 1.807) is 6.92 Å². The fraction of sp³-hybridized carbons (Fsp3) is 0.182. The highest BCUT2D eigenvalue weighted by Gasteiger charge is 2.11. The number of nitrogens with zero attached hydrogens (tertiary/aromatic N) is 5. The lowest BCUT2D eigenvalue weighted by atomic mass is 10.1. The van der Waals surface area contributed by atoms with Gasteiger partial charge in [0, 0.05) is 17.3 Å². The third kappa shape index (κ3) is 3.48. The third-order valence-corrected chi connectivity index (χ3v) is 2.64. The molecule has 6 N–H and O–H groups in total. The number of nitrogen functional groups attached to an aromatic ring is 1. The molecule has 11 heteroatoms. The van der Waals surface area contributed by atoms with Gasteiger partial charge in [-0.15, -0.1) is 17.5 Å². The van der Waals surface area contributed by atoms with Gasteiger partial charge in [-0.2, -0.15) is 5.10 Å². The molecule has 2 aromatic rings. The lowest BCUT2D eigenvalue weighted by Crippen LogP contribution is -2.15. The van der Waals surface area contributed by atoms with Gasteiger partial charge in [0.15, 0.2) is 17.3 Å². The van der Waals surface area contributed by atoms with Gasteiger partial charge in [0.05, 0.1) is 18.5 Å². The second-order valence-corrected chi connectivity index (χ2v) is 4.02. The summed E-state index contributed by atoms with van der Waals surface area (Å²) < 4.78 is 4.38. The van der Waals surface area contributed by atoms with E-state index in [0.29, 0.717) is 16.8 Å². The topological polar surface area (TPSA) is 169 Å². The van der Waals surface area contributed by atoms with E-state index in [1.807, 2.05) is 0 Å². The third-order valence-electron chi connectivity index (χ3n) is 2.64. The minimum absolute atomic E-state index is 0. The summed E-state index contributed by atoms with van der Waals surface area (Å²) in [6.45, 7) is 1.31. The Bertz CT molecular complexity index is 714. The average molecular weight is 328 g/mol. The van der Waals surface area contributed by atoms with Crippen LogP contribution < -0.4 is 11.5 Å². The molecule has 0 unspecified atom stereocenters. The average Bonchev–Trinajstić information content (AvgIpc) is 2.89. The first-order chi connectivity index (χ1) is 10.0. The van der Waals surface area contributed by atoms with Gasteiger partial charge in [0.2, 0.25) is 0 Å². The second kappa shape index (κ2) is 7.33. The molecule has 2 aromatic heterocycles. The van der Waals surface area contributed by atoms with Crippen LogP contribution in [0.15, 0.2) is 21.0 Å². The molecule has 118 valence electrons. The van der Waals surface area contributed by atoms with Crippen LogP contribution in [0.2, 0.25) is 0 Å². The molecule has 0 fully saturated rings. The Labute approximate surface area is 130 Å². The van der Waals surface area contributed by atoms with E-state index in [1.165, 1.54) is 12.4 Å². The molecule has 0 spiro atoms. The van der Waals surface area contributed by atoms with Gasteiger partial charge in [-0.05, 0) is 17.2 Å². The number of hydrogen-bond donors (Lipinski definition) is 4. The van der Waals surface area contributed by atoms with Gasteiger partial charge in [0.1, 0.15) is 5.75 Å². The van der Waals surface area contributed by atoms with E-state index in [0.717, 1.165) is 0 Å². The Morgan fingerprint density at radius 1 is 1.45 bits per heavy atom. The van der Waals surface area contributed by atoms with Crippen molar-refractivity contribution in [3.05, 3.63) is 28.7 Å². The molecule has 2 heterocycles. The number of aryl methyl sites for hydroxylation is 1. The van der Waals surface area contributed by atoms with E-state index in [4.69, 9.17) is 11.5 Å². The van der Waals surface area contributed by atoms with Crippen molar-refractivity contribution in [2.75, 3.05) is 5.73 Å². The maximum absolute atomic E-state index is 9.90. The molecule has 0 aromatic carbocycles. The van der Waals surface area contributed by atoms with Crippen molar-refractivity contribution >= 4 is 30.3 Å². The minimum Gasteiger partial charge on any atom is -0.505 e. The Kier molecular flexibility index (Phi) is 5.78. The van der Waals surface area contributed by atoms with Crippen LogP contribution >= 0.6 is 12.4 Å². The van der Waals surface area contributed by atoms with E-state index in [2.05, 4.69) is 30.1 Å². The maximum atomic E-state index is 9.90. The molecule has 10 nitrogen and oxygen atoms in total. The van der Waals surface area contributed by atoms with Gasteiger partial charge < -0.3 is 21.7 Å². The summed E-state index contributed by atoms with van der Waals surface area (Å²) >= 11 is 0. The number of hydrogen-bond acceptors (Lipinski definition) is 9. The zero-order chi connectivity index (χ0) is 15.4. The lowest BCUT2D eigenvalue weighted by molar-refractivity contribution is 0.280. The number of pyridine rings is 1. The molecule has 0 bridgehead atoms. The van der Waals surface area contributed by atoms with E-state index in [-0.39, 0.29) is 42.1 Å². The highest BCUT2D eigenvalue weighted by Crippen LogP contribution is 2.21. The summed E-state index contributed by atoms with van der Waals surface area (Å²) in [5.74, 6) is -0.201. The fourth-order valence-corrected chi connectivity index (χ4v) is 1.49. The molecule has 0 atom stereocenters. The lowest BCUT2D eigenvalue weighted by Gasteiger charge is -2.06. The minimum atomic E-state index is -0.304.